The number of carbonyl (C=O) groups excluding carboxylic acids is 8. The molecule has 23 heteroatoms. The Labute approximate surface area is 375 Å². The molecule has 358 valence electrons. The normalized spacial score (nSPS) is 16.7. The third kappa shape index (κ3) is 14.5. The molecule has 0 radical (unpaired) electrons. The summed E-state index contributed by atoms with van der Waals surface area (Å²) in [7, 11) is -5.49. The van der Waals surface area contributed by atoms with Crippen molar-refractivity contribution in [2.45, 2.75) is 121 Å². The third-order valence-corrected chi connectivity index (χ3v) is 13.0. The number of amides is 5. The Morgan fingerprint density at radius 2 is 1.57 bits per heavy atom. The summed E-state index contributed by atoms with van der Waals surface area (Å²) in [6.45, 7) is 4.70. The highest BCUT2D eigenvalue weighted by molar-refractivity contribution is 7.89. The van der Waals surface area contributed by atoms with Gasteiger partial charge in [0.05, 0.1) is 34.6 Å². The van der Waals surface area contributed by atoms with Crippen LogP contribution in [0.1, 0.15) is 107 Å². The molecule has 1 aliphatic carbocycles. The maximum absolute atomic E-state index is 14.8. The summed E-state index contributed by atoms with van der Waals surface area (Å²) in [5.41, 5.74) is 15.9. The molecule has 19 nitrogen and oxygen atoms in total. The van der Waals surface area contributed by atoms with Crippen LogP contribution in [0.25, 0.3) is 0 Å². The van der Waals surface area contributed by atoms with Gasteiger partial charge >= 0.3 is 12.1 Å². The molecule has 65 heavy (non-hydrogen) atoms. The second kappa shape index (κ2) is 23.1. The first-order chi connectivity index (χ1) is 30.2. The fourth-order valence-corrected chi connectivity index (χ4v) is 8.73. The zero-order valence-electron chi connectivity index (χ0n) is 36.9. The lowest BCUT2D eigenvalue weighted by atomic mass is 9.66. The number of halogens is 3. The summed E-state index contributed by atoms with van der Waals surface area (Å²) in [6.07, 6.45) is 0.330. The largest absolute Gasteiger partial charge is 0.405 e. The van der Waals surface area contributed by atoms with Crippen molar-refractivity contribution in [3.05, 3.63) is 54.1 Å². The number of Topliss-reactive ketones (excluding diaryl/α,β-unsaturated/α-hetero) is 3. The van der Waals surface area contributed by atoms with Crippen LogP contribution >= 0.6 is 0 Å². The van der Waals surface area contributed by atoms with E-state index in [1.807, 2.05) is 5.32 Å². The van der Waals surface area contributed by atoms with E-state index in [0.717, 1.165) is 24.4 Å². The van der Waals surface area contributed by atoms with Gasteiger partial charge in [-0.3, -0.25) is 48.7 Å². The topological polar surface area (TPSA) is 314 Å². The molecule has 1 aromatic carbocycles. The van der Waals surface area contributed by atoms with Crippen LogP contribution < -0.4 is 33.2 Å². The van der Waals surface area contributed by atoms with Gasteiger partial charge in [-0.05, 0) is 68.6 Å². The van der Waals surface area contributed by atoms with E-state index in [2.05, 4.69) is 15.3 Å². The summed E-state index contributed by atoms with van der Waals surface area (Å²) in [5, 5.41) is 5.94. The van der Waals surface area contributed by atoms with Crippen molar-refractivity contribution in [3.8, 4) is 0 Å². The monoisotopic (exact) mass is 937 g/mol. The first kappa shape index (κ1) is 53.8. The van der Waals surface area contributed by atoms with Gasteiger partial charge in [-0.1, -0.05) is 59.4 Å². The maximum atomic E-state index is 14.8. The van der Waals surface area contributed by atoms with Gasteiger partial charge in [0.2, 0.25) is 17.6 Å². The SMILES string of the molecule is CC[C@H](C)[C@H](N)C(=O)C(C[C@@](N)(C(=O)C(=O)N(CC(=O)NC(=O)[C@H](CC(C)C)NC(=O)c1cnccn1)S(=O)(=O)c1cccc(C(=O)NCC(F)(F)F)c1)C1CCCCC1)C(=O)[C@H](C)N. The molecule has 5 amide bonds. The van der Waals surface area contributed by atoms with Crippen molar-refractivity contribution in [3.63, 3.8) is 0 Å². The molecular formula is C42H58F3N9O10S. The minimum Gasteiger partial charge on any atom is -0.343 e. The molecule has 1 fully saturated rings. The zero-order chi connectivity index (χ0) is 49.0. The fraction of sp³-hybridized carbons (Fsp3) is 0.571. The fourth-order valence-electron chi connectivity index (χ4n) is 7.36. The van der Waals surface area contributed by atoms with Crippen LogP contribution in [0.5, 0.6) is 0 Å². The van der Waals surface area contributed by atoms with Crippen LogP contribution in [0.15, 0.2) is 47.8 Å². The van der Waals surface area contributed by atoms with E-state index in [0.29, 0.717) is 31.7 Å². The number of ketones is 3. The molecule has 6 atom stereocenters. The molecule has 0 aliphatic heterocycles. The van der Waals surface area contributed by atoms with E-state index in [4.69, 9.17) is 17.2 Å². The van der Waals surface area contributed by atoms with Gasteiger partial charge in [0.25, 0.3) is 21.8 Å². The number of imide groups is 1. The molecule has 9 N–H and O–H groups in total. The van der Waals surface area contributed by atoms with Crippen molar-refractivity contribution < 1.29 is 59.9 Å². The zero-order valence-corrected chi connectivity index (χ0v) is 37.7. The lowest BCUT2D eigenvalue weighted by Crippen LogP contribution is -2.63. The third-order valence-electron chi connectivity index (χ3n) is 11.2. The Kier molecular flexibility index (Phi) is 19.1. The van der Waals surface area contributed by atoms with Crippen LogP contribution in [-0.2, 0) is 38.8 Å². The Bertz CT molecular complexity index is 2190. The first-order valence-corrected chi connectivity index (χ1v) is 22.5. The number of alkyl halides is 3. The second-order valence-electron chi connectivity index (χ2n) is 16.8. The van der Waals surface area contributed by atoms with Gasteiger partial charge in [-0.15, -0.1) is 0 Å². The minimum atomic E-state index is -5.49. The lowest BCUT2D eigenvalue weighted by molar-refractivity contribution is -0.148. The highest BCUT2D eigenvalue weighted by Crippen LogP contribution is 2.38. The van der Waals surface area contributed by atoms with Gasteiger partial charge in [-0.25, -0.2) is 17.7 Å². The smallest absolute Gasteiger partial charge is 0.343 e. The lowest BCUT2D eigenvalue weighted by Gasteiger charge is -2.41. The number of sulfonamides is 1. The molecule has 1 aromatic heterocycles. The van der Waals surface area contributed by atoms with E-state index in [-0.39, 0.29) is 35.2 Å². The molecule has 1 heterocycles. The molecular weight excluding hydrogens is 880 g/mol. The second-order valence-corrected chi connectivity index (χ2v) is 18.6. The highest BCUT2D eigenvalue weighted by atomic mass is 32.2. The first-order valence-electron chi connectivity index (χ1n) is 21.1. The van der Waals surface area contributed by atoms with E-state index >= 15 is 0 Å². The van der Waals surface area contributed by atoms with Gasteiger partial charge in [0.1, 0.15) is 24.8 Å². The number of hydrogen-bond donors (Lipinski definition) is 6. The molecule has 0 saturated heterocycles. The average molecular weight is 938 g/mol. The Hall–Kier alpha value is -5.52. The van der Waals surface area contributed by atoms with Crippen molar-refractivity contribution in [2.75, 3.05) is 13.1 Å². The summed E-state index contributed by atoms with van der Waals surface area (Å²) < 4.78 is 67.6. The standard InChI is InChI=1S/C42H58F3N9O10S/c1-6-24(4)33(47)35(57)29(34(56)25(5)46)19-41(48,27-12-8-7-9-13-27)36(58)40(62)54(65(63,64)28-14-10-11-26(18-28)37(59)51-22-42(43,44)45)21-32(55)53-38(60)30(17-23(2)3)52-39(61)31-20-49-15-16-50-31/h10-11,14-16,18,20,23-25,27,29-30,33H,6-9,12-13,17,19,21-22,46-48H2,1-5H3,(H,51,59)(H,52,61)(H,53,55,60)/t24-,25-,29?,30-,33-,41-/m0/s1. The molecule has 2 aromatic rings. The Balaban J connectivity index is 2.17. The average Bonchev–Trinajstić information content (AvgIpc) is 3.27. The highest BCUT2D eigenvalue weighted by Gasteiger charge is 2.52. The molecule has 0 spiro atoms. The molecule has 1 aliphatic rings. The van der Waals surface area contributed by atoms with Crippen LogP contribution in [0, 0.1) is 23.7 Å². The maximum Gasteiger partial charge on any atom is 0.405 e. The van der Waals surface area contributed by atoms with Crippen molar-refractivity contribution >= 4 is 56.9 Å². The molecule has 1 saturated carbocycles. The number of nitrogens with one attached hydrogen (secondary N) is 3. The number of rotatable bonds is 22. The number of nitrogens with two attached hydrogens (primary N) is 3. The van der Waals surface area contributed by atoms with Crippen LogP contribution in [0.2, 0.25) is 0 Å². The molecule has 0 bridgehead atoms. The van der Waals surface area contributed by atoms with Crippen LogP contribution in [0.3, 0.4) is 0 Å². The predicted octanol–water partition coefficient (Wildman–Crippen LogP) is 1.49. The summed E-state index contributed by atoms with van der Waals surface area (Å²) in [4.78, 5) is 117. The van der Waals surface area contributed by atoms with Crippen LogP contribution in [0.4, 0.5) is 13.2 Å². The number of aromatic nitrogens is 2. The van der Waals surface area contributed by atoms with Crippen molar-refractivity contribution in [1.82, 2.24) is 30.2 Å². The van der Waals surface area contributed by atoms with Gasteiger partial charge in [0.15, 0.2) is 11.6 Å². The van der Waals surface area contributed by atoms with Gasteiger partial charge in [-0.2, -0.15) is 13.2 Å². The molecule has 1 unspecified atom stereocenters. The van der Waals surface area contributed by atoms with Crippen molar-refractivity contribution in [1.29, 1.82) is 0 Å². The minimum absolute atomic E-state index is 0.0640. The summed E-state index contributed by atoms with van der Waals surface area (Å²) in [5.74, 6) is -13.6. The summed E-state index contributed by atoms with van der Waals surface area (Å²) in [6, 6.07) is -0.625. The van der Waals surface area contributed by atoms with Crippen molar-refractivity contribution in [2.24, 2.45) is 40.9 Å². The van der Waals surface area contributed by atoms with Gasteiger partial charge < -0.3 is 27.8 Å². The van der Waals surface area contributed by atoms with E-state index in [9.17, 15) is 59.9 Å². The quantitative estimate of drug-likeness (QED) is 0.0720. The number of nitrogens with zero attached hydrogens (tertiary/aromatic N) is 3. The number of carbonyl (C=O) groups is 8. The Morgan fingerprint density at radius 3 is 2.12 bits per heavy atom. The van der Waals surface area contributed by atoms with E-state index in [1.165, 1.54) is 19.3 Å². The van der Waals surface area contributed by atoms with E-state index in [1.54, 1.807) is 33.0 Å². The number of hydrogen-bond acceptors (Lipinski definition) is 15. The van der Waals surface area contributed by atoms with Crippen LogP contribution in [-0.4, -0.2) is 113 Å². The van der Waals surface area contributed by atoms with Gasteiger partial charge in [0, 0.05) is 18.0 Å². The Morgan fingerprint density at radius 1 is 0.923 bits per heavy atom. The number of benzene rings is 1. The predicted molar refractivity (Wildman–Crippen MR) is 227 cm³/mol. The van der Waals surface area contributed by atoms with E-state index < -0.39 is 134 Å². The summed E-state index contributed by atoms with van der Waals surface area (Å²) >= 11 is 0. The molecule has 3 rings (SSSR count).